The molecule has 3 aromatic rings. The highest BCUT2D eigenvalue weighted by Crippen LogP contribution is 2.34. The monoisotopic (exact) mass is 339 g/mol. The standard InChI is InChI=1S/C20H21NS2/c1-2-3-4-5-18-12-17-13-19(23-20(17)22-18)11-10-15-6-8-16(14-21)9-7-15/h6-9,12-13H,2-5,10-11H2,1H3. The Morgan fingerprint density at radius 1 is 0.913 bits per heavy atom. The number of unbranched alkanes of at least 4 members (excludes halogenated alkanes) is 2. The van der Waals surface area contributed by atoms with Gasteiger partial charge in [-0.15, -0.1) is 22.7 Å². The summed E-state index contributed by atoms with van der Waals surface area (Å²) >= 11 is 3.93. The van der Waals surface area contributed by atoms with Crippen LogP contribution in [0.1, 0.15) is 47.1 Å². The first-order valence-electron chi connectivity index (χ1n) is 8.28. The van der Waals surface area contributed by atoms with E-state index < -0.39 is 0 Å². The molecule has 3 heteroatoms. The number of rotatable bonds is 7. The van der Waals surface area contributed by atoms with Crippen LogP contribution in [0.5, 0.6) is 0 Å². The van der Waals surface area contributed by atoms with Crippen molar-refractivity contribution in [2.45, 2.75) is 45.4 Å². The summed E-state index contributed by atoms with van der Waals surface area (Å²) in [7, 11) is 0. The van der Waals surface area contributed by atoms with Crippen LogP contribution in [0.25, 0.3) is 9.40 Å². The van der Waals surface area contributed by atoms with Gasteiger partial charge in [-0.05, 0) is 55.5 Å². The molecule has 0 aliphatic carbocycles. The second-order valence-electron chi connectivity index (χ2n) is 5.93. The fourth-order valence-corrected chi connectivity index (χ4v) is 5.33. The molecule has 0 saturated heterocycles. The summed E-state index contributed by atoms with van der Waals surface area (Å²) in [6.07, 6.45) is 7.31. The maximum absolute atomic E-state index is 8.84. The van der Waals surface area contributed by atoms with E-state index in [1.165, 1.54) is 45.5 Å². The van der Waals surface area contributed by atoms with Gasteiger partial charge in [0.15, 0.2) is 0 Å². The number of thiophene rings is 2. The number of hydrogen-bond donors (Lipinski definition) is 0. The Hall–Kier alpha value is -1.63. The molecule has 2 aromatic heterocycles. The summed E-state index contributed by atoms with van der Waals surface area (Å²) in [5, 5.41) is 10.3. The number of fused-ring (bicyclic) bond motifs is 1. The average molecular weight is 340 g/mol. The molecule has 0 atom stereocenters. The van der Waals surface area contributed by atoms with Gasteiger partial charge in [0.25, 0.3) is 0 Å². The SMILES string of the molecule is CCCCCc1cc2cc(CCc3ccc(C#N)cc3)sc2s1. The quantitative estimate of drug-likeness (QED) is 0.460. The van der Waals surface area contributed by atoms with Crippen LogP contribution in [-0.2, 0) is 19.3 Å². The molecule has 23 heavy (non-hydrogen) atoms. The molecule has 0 fully saturated rings. The zero-order valence-corrected chi connectivity index (χ0v) is 15.1. The van der Waals surface area contributed by atoms with Crippen LogP contribution in [0.2, 0.25) is 0 Å². The maximum Gasteiger partial charge on any atom is 0.0991 e. The van der Waals surface area contributed by atoms with Gasteiger partial charge >= 0.3 is 0 Å². The molecule has 2 heterocycles. The summed E-state index contributed by atoms with van der Waals surface area (Å²) in [5.74, 6) is 0. The maximum atomic E-state index is 8.84. The number of nitrogens with zero attached hydrogens (tertiary/aromatic N) is 1. The van der Waals surface area contributed by atoms with Gasteiger partial charge in [0.1, 0.15) is 0 Å². The Kier molecular flexibility index (Phi) is 5.48. The van der Waals surface area contributed by atoms with Crippen molar-refractivity contribution in [3.05, 3.63) is 57.3 Å². The van der Waals surface area contributed by atoms with Crippen LogP contribution in [0.4, 0.5) is 0 Å². The highest BCUT2D eigenvalue weighted by atomic mass is 32.2. The second-order valence-corrected chi connectivity index (χ2v) is 8.47. The first kappa shape index (κ1) is 16.2. The van der Waals surface area contributed by atoms with Crippen molar-refractivity contribution in [2.24, 2.45) is 0 Å². The summed E-state index contributed by atoms with van der Waals surface area (Å²) in [4.78, 5) is 3.01. The first-order chi connectivity index (χ1) is 11.3. The molecule has 3 rings (SSSR count). The third-order valence-corrected chi connectivity index (χ3v) is 6.60. The number of nitriles is 1. The van der Waals surface area contributed by atoms with E-state index in [9.17, 15) is 0 Å². The molecule has 0 bridgehead atoms. The zero-order valence-electron chi connectivity index (χ0n) is 13.5. The third-order valence-electron chi connectivity index (χ3n) is 4.09. The summed E-state index contributed by atoms with van der Waals surface area (Å²) < 4.78 is 1.48. The first-order valence-corrected chi connectivity index (χ1v) is 9.92. The van der Waals surface area contributed by atoms with E-state index in [1.54, 1.807) is 4.88 Å². The van der Waals surface area contributed by atoms with Gasteiger partial charge in [-0.2, -0.15) is 5.26 Å². The van der Waals surface area contributed by atoms with E-state index in [4.69, 9.17) is 5.26 Å². The molecule has 0 aliphatic rings. The predicted molar refractivity (Wildman–Crippen MR) is 101 cm³/mol. The van der Waals surface area contributed by atoms with E-state index in [2.05, 4.69) is 37.3 Å². The van der Waals surface area contributed by atoms with Gasteiger partial charge in [-0.25, -0.2) is 0 Å². The van der Waals surface area contributed by atoms with Crippen LogP contribution in [0.15, 0.2) is 36.4 Å². The van der Waals surface area contributed by atoms with Crippen LogP contribution in [0.3, 0.4) is 0 Å². The molecule has 0 spiro atoms. The summed E-state index contributed by atoms with van der Waals surface area (Å²) in [6, 6.07) is 14.9. The Bertz CT molecular complexity index is 771. The van der Waals surface area contributed by atoms with Crippen molar-refractivity contribution in [2.75, 3.05) is 0 Å². The molecule has 1 nitrogen and oxygen atoms in total. The number of hydrogen-bond acceptors (Lipinski definition) is 3. The van der Waals surface area contributed by atoms with Crippen LogP contribution in [-0.4, -0.2) is 0 Å². The molecular formula is C20H21NS2. The van der Waals surface area contributed by atoms with Gasteiger partial charge in [-0.1, -0.05) is 31.9 Å². The Labute approximate surface area is 146 Å². The number of benzene rings is 1. The van der Waals surface area contributed by atoms with Crippen molar-refractivity contribution in [3.63, 3.8) is 0 Å². The molecule has 0 N–H and O–H groups in total. The second kappa shape index (κ2) is 7.77. The van der Waals surface area contributed by atoms with Gasteiger partial charge < -0.3 is 0 Å². The topological polar surface area (TPSA) is 23.8 Å². The Morgan fingerprint density at radius 2 is 1.61 bits per heavy atom. The van der Waals surface area contributed by atoms with Crippen molar-refractivity contribution >= 4 is 32.1 Å². The normalized spacial score (nSPS) is 11.0. The lowest BCUT2D eigenvalue weighted by atomic mass is 10.1. The lowest BCUT2D eigenvalue weighted by molar-refractivity contribution is 0.723. The minimum absolute atomic E-state index is 0.737. The van der Waals surface area contributed by atoms with Gasteiger partial charge in [0.2, 0.25) is 0 Å². The largest absolute Gasteiger partial charge is 0.192 e. The highest BCUT2D eigenvalue weighted by molar-refractivity contribution is 7.38. The average Bonchev–Trinajstić information content (AvgIpc) is 3.12. The minimum atomic E-state index is 0.737. The third kappa shape index (κ3) is 4.22. The van der Waals surface area contributed by atoms with Crippen molar-refractivity contribution < 1.29 is 0 Å². The molecule has 1 aromatic carbocycles. The van der Waals surface area contributed by atoms with E-state index in [-0.39, 0.29) is 0 Å². The van der Waals surface area contributed by atoms with Crippen LogP contribution < -0.4 is 0 Å². The highest BCUT2D eigenvalue weighted by Gasteiger charge is 2.07. The van der Waals surface area contributed by atoms with Crippen molar-refractivity contribution in [1.29, 1.82) is 5.26 Å². The molecular weight excluding hydrogens is 318 g/mol. The summed E-state index contributed by atoms with van der Waals surface area (Å²) in [5.41, 5.74) is 2.04. The van der Waals surface area contributed by atoms with Gasteiger partial charge in [0, 0.05) is 15.1 Å². The smallest absolute Gasteiger partial charge is 0.0991 e. The Morgan fingerprint density at radius 3 is 2.22 bits per heavy atom. The van der Waals surface area contributed by atoms with Gasteiger partial charge in [-0.3, -0.25) is 0 Å². The molecule has 0 saturated carbocycles. The van der Waals surface area contributed by atoms with Crippen molar-refractivity contribution in [1.82, 2.24) is 0 Å². The Balaban J connectivity index is 1.60. The van der Waals surface area contributed by atoms with E-state index in [0.717, 1.165) is 18.4 Å². The molecule has 0 unspecified atom stereocenters. The van der Waals surface area contributed by atoms with Gasteiger partial charge in [0.05, 0.1) is 15.6 Å². The van der Waals surface area contributed by atoms with E-state index in [1.807, 2.05) is 34.8 Å². The van der Waals surface area contributed by atoms with Crippen LogP contribution >= 0.6 is 22.7 Å². The zero-order chi connectivity index (χ0) is 16.1. The molecule has 0 amide bonds. The number of aryl methyl sites for hydroxylation is 3. The fraction of sp³-hybridized carbons (Fsp3) is 0.350. The molecule has 0 aliphatic heterocycles. The van der Waals surface area contributed by atoms with Crippen molar-refractivity contribution in [3.8, 4) is 6.07 Å². The lowest BCUT2D eigenvalue weighted by Gasteiger charge is -1.99. The van der Waals surface area contributed by atoms with E-state index in [0.29, 0.717) is 0 Å². The van der Waals surface area contributed by atoms with Crippen LogP contribution in [0, 0.1) is 11.3 Å². The predicted octanol–water partition coefficient (Wildman–Crippen LogP) is 6.35. The minimum Gasteiger partial charge on any atom is -0.192 e. The molecule has 118 valence electrons. The molecule has 0 radical (unpaired) electrons. The summed E-state index contributed by atoms with van der Waals surface area (Å²) in [6.45, 7) is 2.26. The lowest BCUT2D eigenvalue weighted by Crippen LogP contribution is -1.88. The fourth-order valence-electron chi connectivity index (χ4n) is 2.75. The van der Waals surface area contributed by atoms with E-state index >= 15 is 0 Å².